The first-order valence-electron chi connectivity index (χ1n) is 10.5. The van der Waals surface area contributed by atoms with E-state index in [0.717, 1.165) is 12.1 Å². The van der Waals surface area contributed by atoms with E-state index >= 15 is 0 Å². The van der Waals surface area contributed by atoms with E-state index in [9.17, 15) is 0 Å². The van der Waals surface area contributed by atoms with Crippen molar-refractivity contribution < 1.29 is 0 Å². The van der Waals surface area contributed by atoms with Crippen molar-refractivity contribution in [2.24, 2.45) is 0 Å². The van der Waals surface area contributed by atoms with Crippen molar-refractivity contribution in [3.8, 4) is 0 Å². The monoisotopic (exact) mass is 434 g/mol. The summed E-state index contributed by atoms with van der Waals surface area (Å²) in [6, 6.07) is 1.56. The van der Waals surface area contributed by atoms with Gasteiger partial charge in [0.2, 0.25) is 0 Å². The number of unbranched alkanes of at least 4 members (excludes halogenated alkanes) is 2. The van der Waals surface area contributed by atoms with Gasteiger partial charge in [0, 0.05) is 0 Å². The van der Waals surface area contributed by atoms with Crippen LogP contribution < -0.4 is 10.6 Å². The van der Waals surface area contributed by atoms with Gasteiger partial charge in [-0.25, -0.2) is 0 Å². The number of hydrogen-bond donors (Lipinski definition) is 2. The van der Waals surface area contributed by atoms with Crippen molar-refractivity contribution in [2.75, 3.05) is 14.1 Å². The van der Waals surface area contributed by atoms with Crippen molar-refractivity contribution >= 4 is 18.4 Å². The van der Waals surface area contributed by atoms with Crippen LogP contribution in [-0.4, -0.2) is 44.6 Å². The summed E-state index contributed by atoms with van der Waals surface area (Å²) in [7, 11) is 4.39. The number of nitrogens with one attached hydrogen (secondary N) is 2. The van der Waals surface area contributed by atoms with Gasteiger partial charge in [0.1, 0.15) is 0 Å². The molecule has 0 aliphatic heterocycles. The van der Waals surface area contributed by atoms with E-state index in [1.54, 1.807) is 17.7 Å². The third kappa shape index (κ3) is 10.3. The van der Waals surface area contributed by atoms with Gasteiger partial charge >= 0.3 is 152 Å². The molecule has 0 bridgehead atoms. The van der Waals surface area contributed by atoms with E-state index in [2.05, 4.69) is 52.4 Å². The van der Waals surface area contributed by atoms with Gasteiger partial charge in [-0.15, -0.1) is 0 Å². The van der Waals surface area contributed by atoms with Crippen LogP contribution in [0, 0.1) is 0 Å². The van der Waals surface area contributed by atoms with E-state index in [0.29, 0.717) is 0 Å². The molecule has 2 unspecified atom stereocenters. The third-order valence-corrected chi connectivity index (χ3v) is 21.4. The Labute approximate surface area is 151 Å². The molecule has 140 valence electrons. The molecule has 0 aromatic carbocycles. The van der Waals surface area contributed by atoms with Gasteiger partial charge < -0.3 is 0 Å². The molecule has 3 heteroatoms. The summed E-state index contributed by atoms with van der Waals surface area (Å²) in [5.74, 6) is 0. The topological polar surface area (TPSA) is 24.1 Å². The molecule has 0 aromatic heterocycles. The summed E-state index contributed by atoms with van der Waals surface area (Å²) in [4.78, 5) is 0. The van der Waals surface area contributed by atoms with E-state index in [4.69, 9.17) is 0 Å². The Morgan fingerprint density at radius 2 is 1.04 bits per heavy atom. The zero-order valence-electron chi connectivity index (χ0n) is 17.1. The molecule has 0 amide bonds. The average Bonchev–Trinajstić information content (AvgIpc) is 2.57. The molecule has 0 radical (unpaired) electrons. The van der Waals surface area contributed by atoms with Crippen LogP contribution in [0.4, 0.5) is 0 Å². The van der Waals surface area contributed by atoms with Crippen LogP contribution >= 0.6 is 0 Å². The fourth-order valence-corrected chi connectivity index (χ4v) is 22.3. The predicted molar refractivity (Wildman–Crippen MR) is 110 cm³/mol. The summed E-state index contributed by atoms with van der Waals surface area (Å²) in [6.45, 7) is 9.43. The fourth-order valence-electron chi connectivity index (χ4n) is 4.16. The summed E-state index contributed by atoms with van der Waals surface area (Å²) < 4.78 is 6.38. The van der Waals surface area contributed by atoms with Crippen LogP contribution in [0.3, 0.4) is 0 Å². The number of rotatable bonds is 16. The molecule has 2 atom stereocenters. The van der Waals surface area contributed by atoms with Crippen LogP contribution in [0.15, 0.2) is 0 Å². The van der Waals surface area contributed by atoms with Crippen LogP contribution in [-0.2, 0) is 0 Å². The average molecular weight is 433 g/mol. The third-order valence-electron chi connectivity index (χ3n) is 5.57. The van der Waals surface area contributed by atoms with E-state index in [1.807, 2.05) is 0 Å². The maximum atomic E-state index is 3.67. The second-order valence-electron chi connectivity index (χ2n) is 7.66. The Morgan fingerprint density at radius 3 is 1.30 bits per heavy atom. The normalized spacial score (nSPS) is 14.9. The Bertz CT molecular complexity index is 232. The SMILES string of the molecule is CCC[CH2][Sn]([CH2]CCC)([CH2]C(CCC)NC)[CH2]C(CCC)NC. The molecule has 2 nitrogen and oxygen atoms in total. The first-order chi connectivity index (χ1) is 11.1. The molecular weight excluding hydrogens is 387 g/mol. The molecule has 0 fully saturated rings. The van der Waals surface area contributed by atoms with Gasteiger partial charge in [-0.1, -0.05) is 0 Å². The summed E-state index contributed by atoms with van der Waals surface area (Å²) in [6.07, 6.45) is 11.1. The van der Waals surface area contributed by atoms with Crippen LogP contribution in [0.1, 0.15) is 79.1 Å². The Balaban J connectivity index is 5.18. The molecule has 2 N–H and O–H groups in total. The first kappa shape index (κ1) is 23.7. The summed E-state index contributed by atoms with van der Waals surface area (Å²) in [5.41, 5.74) is 0. The number of hydrogen-bond acceptors (Lipinski definition) is 2. The van der Waals surface area contributed by atoms with Crippen LogP contribution in [0.2, 0.25) is 17.7 Å². The zero-order valence-corrected chi connectivity index (χ0v) is 20.0. The van der Waals surface area contributed by atoms with Crippen LogP contribution in [0.5, 0.6) is 0 Å². The fraction of sp³-hybridized carbons (Fsp3) is 1.00. The van der Waals surface area contributed by atoms with Crippen molar-refractivity contribution in [1.82, 2.24) is 10.6 Å². The van der Waals surface area contributed by atoms with Gasteiger partial charge in [0.15, 0.2) is 0 Å². The summed E-state index contributed by atoms with van der Waals surface area (Å²) in [5, 5.41) is 7.33. The molecule has 0 spiro atoms. The molecule has 0 heterocycles. The maximum absolute atomic E-state index is 3.67. The van der Waals surface area contributed by atoms with Gasteiger partial charge in [0.25, 0.3) is 0 Å². The zero-order chi connectivity index (χ0) is 17.6. The van der Waals surface area contributed by atoms with Crippen molar-refractivity contribution in [2.45, 2.75) is 109 Å². The Kier molecular flexibility index (Phi) is 15.5. The molecule has 23 heavy (non-hydrogen) atoms. The quantitative estimate of drug-likeness (QED) is 0.300. The minimum absolute atomic E-state index is 0.781. The van der Waals surface area contributed by atoms with Gasteiger partial charge in [0.05, 0.1) is 0 Å². The molecule has 0 saturated heterocycles. The van der Waals surface area contributed by atoms with Crippen molar-refractivity contribution in [3.05, 3.63) is 0 Å². The molecule has 0 aromatic rings. The summed E-state index contributed by atoms with van der Waals surface area (Å²) >= 11 is -2.09. The van der Waals surface area contributed by atoms with Crippen molar-refractivity contribution in [1.29, 1.82) is 0 Å². The van der Waals surface area contributed by atoms with Crippen LogP contribution in [0.25, 0.3) is 0 Å². The van der Waals surface area contributed by atoms with E-state index in [1.165, 1.54) is 51.4 Å². The van der Waals surface area contributed by atoms with E-state index in [-0.39, 0.29) is 0 Å². The standard InChI is InChI=1S/2C6H14N.2C4H9.Sn/c2*1-4-5-6(2)7-3;2*1-3-4-2;/h2*6-7H,2,4-5H2,1,3H3;2*1,3-4H2,2H3;. The van der Waals surface area contributed by atoms with Gasteiger partial charge in [-0.2, -0.15) is 0 Å². The van der Waals surface area contributed by atoms with Crippen molar-refractivity contribution in [3.63, 3.8) is 0 Å². The molecule has 0 aliphatic rings. The van der Waals surface area contributed by atoms with Gasteiger partial charge in [-0.3, -0.25) is 0 Å². The second-order valence-corrected chi connectivity index (χ2v) is 21.4. The first-order valence-corrected chi connectivity index (χ1v) is 18.5. The minimum atomic E-state index is -2.09. The Morgan fingerprint density at radius 1 is 0.652 bits per heavy atom. The molecule has 0 saturated carbocycles. The van der Waals surface area contributed by atoms with E-state index < -0.39 is 18.4 Å². The molecule has 0 aliphatic carbocycles. The predicted octanol–water partition coefficient (Wildman–Crippen LogP) is 5.81. The second kappa shape index (κ2) is 15.0. The molecule has 0 rings (SSSR count). The Hall–Kier alpha value is 0.719. The molecular formula is C20H46N2Sn. The van der Waals surface area contributed by atoms with Gasteiger partial charge in [-0.05, 0) is 0 Å².